The zero-order valence-electron chi connectivity index (χ0n) is 5.41. The molecule has 0 spiro atoms. The molecule has 3 atom stereocenters. The van der Waals surface area contributed by atoms with E-state index in [4.69, 9.17) is 0 Å². The fraction of sp³-hybridized carbons (Fsp3) is 0.500. The molecule has 1 nitrogen and oxygen atoms in total. The summed E-state index contributed by atoms with van der Waals surface area (Å²) in [6.07, 6.45) is 6.23. The Balaban J connectivity index is 2.35. The van der Waals surface area contributed by atoms with E-state index in [1.54, 1.807) is 0 Å². The first-order valence-electron chi connectivity index (χ1n) is 3.38. The van der Waals surface area contributed by atoms with Crippen LogP contribution in [0, 0.1) is 17.8 Å². The van der Waals surface area contributed by atoms with Crippen LogP contribution in [0.15, 0.2) is 24.0 Å². The van der Waals surface area contributed by atoms with Crippen molar-refractivity contribution in [2.75, 3.05) is 0 Å². The van der Waals surface area contributed by atoms with Gasteiger partial charge in [-0.15, -0.1) is 0 Å². The van der Waals surface area contributed by atoms with Crippen molar-refractivity contribution in [2.24, 2.45) is 17.8 Å². The molecule has 1 heteroatoms. The summed E-state index contributed by atoms with van der Waals surface area (Å²) in [5.41, 5.74) is 0. The minimum absolute atomic E-state index is 0.343. The minimum Gasteiger partial charge on any atom is -0.512 e. The molecule has 2 bridgehead atoms. The Labute approximate surface area is 54.7 Å². The molecule has 3 unspecified atom stereocenters. The van der Waals surface area contributed by atoms with Crippen molar-refractivity contribution in [3.63, 3.8) is 0 Å². The third kappa shape index (κ3) is 0.493. The molecule has 0 amide bonds. The lowest BCUT2D eigenvalue weighted by atomic mass is 9.98. The predicted octanol–water partition coefficient (Wildman–Crippen LogP) is 1.88. The van der Waals surface area contributed by atoms with Crippen molar-refractivity contribution in [1.82, 2.24) is 0 Å². The van der Waals surface area contributed by atoms with Crippen LogP contribution in [0.2, 0.25) is 0 Å². The normalized spacial score (nSPS) is 45.9. The Kier molecular flexibility index (Phi) is 0.797. The van der Waals surface area contributed by atoms with Gasteiger partial charge in [0, 0.05) is 11.8 Å². The fourth-order valence-corrected chi connectivity index (χ4v) is 1.72. The fourth-order valence-electron chi connectivity index (χ4n) is 1.72. The van der Waals surface area contributed by atoms with Crippen molar-refractivity contribution in [2.45, 2.75) is 6.92 Å². The monoisotopic (exact) mass is 122 g/mol. The summed E-state index contributed by atoms with van der Waals surface area (Å²) in [5, 5.41) is 9.20. The number of allylic oxidation sites excluding steroid dienone is 3. The highest BCUT2D eigenvalue weighted by Gasteiger charge is 2.35. The highest BCUT2D eigenvalue weighted by atomic mass is 16.3. The Morgan fingerprint density at radius 2 is 2.22 bits per heavy atom. The van der Waals surface area contributed by atoms with Gasteiger partial charge < -0.3 is 5.11 Å². The third-order valence-electron chi connectivity index (χ3n) is 2.42. The molecule has 0 fully saturated rings. The standard InChI is InChI=1S/C8H10O/c1-5-6-2-3-7(5)8(9)4-6/h2-7,9H,1H3. The van der Waals surface area contributed by atoms with Gasteiger partial charge in [-0.2, -0.15) is 0 Å². The van der Waals surface area contributed by atoms with Crippen molar-refractivity contribution in [3.05, 3.63) is 24.0 Å². The lowest BCUT2D eigenvalue weighted by Crippen LogP contribution is -2.03. The summed E-state index contributed by atoms with van der Waals surface area (Å²) in [5.74, 6) is 2.06. The maximum atomic E-state index is 9.20. The third-order valence-corrected chi connectivity index (χ3v) is 2.42. The average molecular weight is 122 g/mol. The van der Waals surface area contributed by atoms with E-state index in [2.05, 4.69) is 19.1 Å². The first kappa shape index (κ1) is 5.10. The van der Waals surface area contributed by atoms with Crippen LogP contribution in [0.5, 0.6) is 0 Å². The SMILES string of the molecule is CC1C2C=CC1C(O)=C2. The van der Waals surface area contributed by atoms with Gasteiger partial charge in [0.2, 0.25) is 0 Å². The van der Waals surface area contributed by atoms with Crippen LogP contribution < -0.4 is 0 Å². The number of hydrogen-bond acceptors (Lipinski definition) is 1. The summed E-state index contributed by atoms with van der Waals surface area (Å²) >= 11 is 0. The van der Waals surface area contributed by atoms with E-state index < -0.39 is 0 Å². The minimum atomic E-state index is 0.343. The van der Waals surface area contributed by atoms with Crippen LogP contribution in [0.25, 0.3) is 0 Å². The van der Waals surface area contributed by atoms with E-state index in [1.807, 2.05) is 6.08 Å². The summed E-state index contributed by atoms with van der Waals surface area (Å²) < 4.78 is 0. The van der Waals surface area contributed by atoms with Gasteiger partial charge in [-0.05, 0) is 12.0 Å². The van der Waals surface area contributed by atoms with Crippen LogP contribution >= 0.6 is 0 Å². The topological polar surface area (TPSA) is 20.2 Å². The van der Waals surface area contributed by atoms with Gasteiger partial charge in [0.25, 0.3) is 0 Å². The molecule has 0 saturated heterocycles. The maximum Gasteiger partial charge on any atom is 0.0960 e. The zero-order chi connectivity index (χ0) is 6.43. The van der Waals surface area contributed by atoms with Gasteiger partial charge >= 0.3 is 0 Å². The summed E-state index contributed by atoms with van der Waals surface area (Å²) in [7, 11) is 0. The first-order valence-corrected chi connectivity index (χ1v) is 3.38. The predicted molar refractivity (Wildman–Crippen MR) is 36.0 cm³/mol. The van der Waals surface area contributed by atoms with E-state index in [1.165, 1.54) is 0 Å². The van der Waals surface area contributed by atoms with E-state index in [9.17, 15) is 5.11 Å². The Hall–Kier alpha value is -0.720. The molecule has 0 heterocycles. The van der Waals surface area contributed by atoms with Gasteiger partial charge in [-0.25, -0.2) is 0 Å². The number of hydrogen-bond donors (Lipinski definition) is 1. The largest absolute Gasteiger partial charge is 0.512 e. The Morgan fingerprint density at radius 1 is 1.44 bits per heavy atom. The van der Waals surface area contributed by atoms with Crippen molar-refractivity contribution in [1.29, 1.82) is 0 Å². The van der Waals surface area contributed by atoms with E-state index in [0.717, 1.165) is 0 Å². The van der Waals surface area contributed by atoms with Gasteiger partial charge in [0.15, 0.2) is 0 Å². The quantitative estimate of drug-likeness (QED) is 0.486. The number of aliphatic hydroxyl groups excluding tert-OH is 1. The molecule has 2 rings (SSSR count). The van der Waals surface area contributed by atoms with Crippen LogP contribution in [0.1, 0.15) is 6.92 Å². The second-order valence-corrected chi connectivity index (χ2v) is 2.94. The molecule has 2 aliphatic rings. The van der Waals surface area contributed by atoms with Gasteiger partial charge in [-0.3, -0.25) is 0 Å². The lowest BCUT2D eigenvalue weighted by molar-refractivity contribution is 0.337. The molecule has 0 aromatic heterocycles. The maximum absolute atomic E-state index is 9.20. The molecule has 48 valence electrons. The number of aliphatic hydroxyl groups is 1. The number of fused-ring (bicyclic) bond motifs is 2. The zero-order valence-corrected chi connectivity index (χ0v) is 5.41. The van der Waals surface area contributed by atoms with Crippen LogP contribution in [-0.4, -0.2) is 5.11 Å². The Bertz CT molecular complexity index is 191. The molecular formula is C8H10O. The van der Waals surface area contributed by atoms with Crippen molar-refractivity contribution >= 4 is 0 Å². The summed E-state index contributed by atoms with van der Waals surface area (Å²) in [6.45, 7) is 2.18. The smallest absolute Gasteiger partial charge is 0.0960 e. The molecule has 0 radical (unpaired) electrons. The van der Waals surface area contributed by atoms with Crippen LogP contribution in [0.4, 0.5) is 0 Å². The van der Waals surface area contributed by atoms with Crippen molar-refractivity contribution < 1.29 is 5.11 Å². The van der Waals surface area contributed by atoms with Gasteiger partial charge in [0.05, 0.1) is 5.76 Å². The molecule has 2 aliphatic carbocycles. The summed E-state index contributed by atoms with van der Waals surface area (Å²) in [4.78, 5) is 0. The van der Waals surface area contributed by atoms with E-state index in [-0.39, 0.29) is 0 Å². The number of rotatable bonds is 0. The van der Waals surface area contributed by atoms with Gasteiger partial charge in [-0.1, -0.05) is 19.1 Å². The van der Waals surface area contributed by atoms with Crippen LogP contribution in [0.3, 0.4) is 0 Å². The molecule has 9 heavy (non-hydrogen) atoms. The molecule has 0 aromatic rings. The van der Waals surface area contributed by atoms with E-state index >= 15 is 0 Å². The molecule has 0 aliphatic heterocycles. The highest BCUT2D eigenvalue weighted by Crippen LogP contribution is 2.41. The first-order chi connectivity index (χ1) is 4.29. The molecular weight excluding hydrogens is 112 g/mol. The Morgan fingerprint density at radius 3 is 2.44 bits per heavy atom. The second kappa shape index (κ2) is 1.41. The summed E-state index contributed by atoms with van der Waals surface area (Å²) in [6, 6.07) is 0. The molecule has 1 N–H and O–H groups in total. The molecule has 0 saturated carbocycles. The van der Waals surface area contributed by atoms with Crippen molar-refractivity contribution in [3.8, 4) is 0 Å². The highest BCUT2D eigenvalue weighted by molar-refractivity contribution is 5.27. The van der Waals surface area contributed by atoms with E-state index in [0.29, 0.717) is 23.5 Å². The molecule has 0 aromatic carbocycles. The second-order valence-electron chi connectivity index (χ2n) is 2.94. The average Bonchev–Trinajstić information content (AvgIpc) is 2.25. The lowest BCUT2D eigenvalue weighted by Gasteiger charge is -2.07. The van der Waals surface area contributed by atoms with Gasteiger partial charge in [0.1, 0.15) is 0 Å². The van der Waals surface area contributed by atoms with Crippen LogP contribution in [-0.2, 0) is 0 Å².